The predicted octanol–water partition coefficient (Wildman–Crippen LogP) is 1.88. The van der Waals surface area contributed by atoms with Crippen LogP contribution in [-0.2, 0) is 12.2 Å². The van der Waals surface area contributed by atoms with Crippen LogP contribution in [0.1, 0.15) is 28.8 Å². The van der Waals surface area contributed by atoms with Gasteiger partial charge in [0.1, 0.15) is 17.7 Å². The van der Waals surface area contributed by atoms with Gasteiger partial charge in [0.05, 0.1) is 5.69 Å². The van der Waals surface area contributed by atoms with E-state index in [2.05, 4.69) is 19.3 Å². The molecular formula is C10H10N4O2S2. The molecule has 2 aromatic heterocycles. The van der Waals surface area contributed by atoms with Gasteiger partial charge in [0, 0.05) is 18.4 Å². The number of hydrogen-bond acceptors (Lipinski definition) is 7. The number of thioether (sulfide) groups is 1. The molecule has 0 aliphatic heterocycles. The maximum Gasteiger partial charge on any atom is 0.339 e. The fourth-order valence-electron chi connectivity index (χ4n) is 1.22. The summed E-state index contributed by atoms with van der Waals surface area (Å²) in [5.41, 5.74) is 0.626. The van der Waals surface area contributed by atoms with Crippen molar-refractivity contribution in [3.05, 3.63) is 29.6 Å². The van der Waals surface area contributed by atoms with E-state index in [9.17, 15) is 4.79 Å². The van der Waals surface area contributed by atoms with E-state index in [1.54, 1.807) is 0 Å². The van der Waals surface area contributed by atoms with Crippen LogP contribution in [0, 0.1) is 0 Å². The zero-order valence-electron chi connectivity index (χ0n) is 9.53. The molecule has 2 heterocycles. The molecule has 8 heteroatoms. The van der Waals surface area contributed by atoms with Crippen molar-refractivity contribution in [2.45, 2.75) is 23.4 Å². The molecule has 0 saturated heterocycles. The molecule has 0 fully saturated rings. The Morgan fingerprint density at radius 2 is 2.39 bits per heavy atom. The van der Waals surface area contributed by atoms with Crippen molar-refractivity contribution in [2.75, 3.05) is 0 Å². The van der Waals surface area contributed by atoms with E-state index in [0.717, 1.165) is 16.6 Å². The third-order valence-electron chi connectivity index (χ3n) is 2.12. The lowest BCUT2D eigenvalue weighted by Gasteiger charge is -2.01. The number of carboxylic acids is 1. The Hall–Kier alpha value is -1.54. The van der Waals surface area contributed by atoms with E-state index in [0.29, 0.717) is 11.4 Å². The summed E-state index contributed by atoms with van der Waals surface area (Å²) in [6.45, 7) is 1.99. The fourth-order valence-corrected chi connectivity index (χ4v) is 2.88. The SMILES string of the molecule is CCc1nsc(SCc2ncncc2C(=O)O)n1. The van der Waals surface area contributed by atoms with Gasteiger partial charge in [-0.25, -0.2) is 19.7 Å². The lowest BCUT2D eigenvalue weighted by Crippen LogP contribution is -2.04. The van der Waals surface area contributed by atoms with Gasteiger partial charge in [-0.3, -0.25) is 0 Å². The minimum Gasteiger partial charge on any atom is -0.478 e. The van der Waals surface area contributed by atoms with E-state index in [-0.39, 0.29) is 5.56 Å². The zero-order valence-corrected chi connectivity index (χ0v) is 11.2. The summed E-state index contributed by atoms with van der Waals surface area (Å²) in [7, 11) is 0. The van der Waals surface area contributed by atoms with Gasteiger partial charge < -0.3 is 5.11 Å². The summed E-state index contributed by atoms with van der Waals surface area (Å²) in [5.74, 6) is 0.240. The Morgan fingerprint density at radius 1 is 1.56 bits per heavy atom. The molecule has 0 saturated carbocycles. The van der Waals surface area contributed by atoms with Crippen LogP contribution >= 0.6 is 23.3 Å². The van der Waals surface area contributed by atoms with E-state index < -0.39 is 5.97 Å². The first-order valence-corrected chi connectivity index (χ1v) is 6.94. The minimum atomic E-state index is -1.02. The number of carboxylic acid groups (broad SMARTS) is 1. The van der Waals surface area contributed by atoms with Crippen LogP contribution in [0.5, 0.6) is 0 Å². The first-order chi connectivity index (χ1) is 8.70. The molecule has 0 aliphatic carbocycles. The Morgan fingerprint density at radius 3 is 3.06 bits per heavy atom. The second-order valence-corrected chi connectivity index (χ2v) is 5.28. The average molecular weight is 282 g/mol. The molecule has 0 bridgehead atoms. The van der Waals surface area contributed by atoms with Crippen LogP contribution in [0.4, 0.5) is 0 Å². The van der Waals surface area contributed by atoms with Crippen molar-refractivity contribution in [1.82, 2.24) is 19.3 Å². The van der Waals surface area contributed by atoms with Crippen molar-refractivity contribution >= 4 is 29.3 Å². The molecule has 0 spiro atoms. The van der Waals surface area contributed by atoms with E-state index in [1.165, 1.54) is 35.8 Å². The van der Waals surface area contributed by atoms with Crippen LogP contribution in [0.3, 0.4) is 0 Å². The molecule has 18 heavy (non-hydrogen) atoms. The van der Waals surface area contributed by atoms with E-state index in [1.807, 2.05) is 6.92 Å². The quantitative estimate of drug-likeness (QED) is 0.837. The zero-order chi connectivity index (χ0) is 13.0. The van der Waals surface area contributed by atoms with Crippen LogP contribution in [-0.4, -0.2) is 30.4 Å². The van der Waals surface area contributed by atoms with Gasteiger partial charge in [0.15, 0.2) is 4.34 Å². The summed E-state index contributed by atoms with van der Waals surface area (Å²) in [4.78, 5) is 23.0. The second kappa shape index (κ2) is 5.87. The summed E-state index contributed by atoms with van der Waals surface area (Å²) in [6, 6.07) is 0. The number of aromatic carboxylic acids is 1. The van der Waals surface area contributed by atoms with Gasteiger partial charge in [-0.1, -0.05) is 18.7 Å². The lowest BCUT2D eigenvalue weighted by molar-refractivity contribution is 0.0695. The highest BCUT2D eigenvalue weighted by molar-refractivity contribution is 8.00. The van der Waals surface area contributed by atoms with Gasteiger partial charge in [0.2, 0.25) is 0 Å². The van der Waals surface area contributed by atoms with E-state index in [4.69, 9.17) is 5.11 Å². The molecule has 6 nitrogen and oxygen atoms in total. The maximum atomic E-state index is 11.0. The Labute approximate surface area is 112 Å². The third kappa shape index (κ3) is 3.02. The van der Waals surface area contributed by atoms with Gasteiger partial charge in [0.25, 0.3) is 0 Å². The van der Waals surface area contributed by atoms with Crippen molar-refractivity contribution in [1.29, 1.82) is 0 Å². The Bertz CT molecular complexity index is 558. The summed E-state index contributed by atoms with van der Waals surface area (Å²) in [6.07, 6.45) is 3.45. The number of carbonyl (C=O) groups is 1. The molecule has 0 aromatic carbocycles. The molecule has 2 rings (SSSR count). The average Bonchev–Trinajstić information content (AvgIpc) is 2.84. The molecule has 0 aliphatic rings. The largest absolute Gasteiger partial charge is 0.478 e. The van der Waals surface area contributed by atoms with Crippen molar-refractivity contribution in [3.8, 4) is 0 Å². The lowest BCUT2D eigenvalue weighted by atomic mass is 10.2. The van der Waals surface area contributed by atoms with Gasteiger partial charge in [-0.15, -0.1) is 0 Å². The Balaban J connectivity index is 2.08. The molecule has 0 unspecified atom stereocenters. The van der Waals surface area contributed by atoms with E-state index >= 15 is 0 Å². The summed E-state index contributed by atoms with van der Waals surface area (Å²) >= 11 is 2.75. The third-order valence-corrected chi connectivity index (χ3v) is 4.01. The monoisotopic (exact) mass is 282 g/mol. The topological polar surface area (TPSA) is 88.9 Å². The second-order valence-electron chi connectivity index (χ2n) is 3.31. The molecule has 1 N–H and O–H groups in total. The van der Waals surface area contributed by atoms with Gasteiger partial charge in [-0.05, 0) is 11.5 Å². The van der Waals surface area contributed by atoms with Crippen LogP contribution in [0.25, 0.3) is 0 Å². The molecule has 0 atom stereocenters. The molecule has 2 aromatic rings. The van der Waals surface area contributed by atoms with Crippen molar-refractivity contribution in [2.24, 2.45) is 0 Å². The number of rotatable bonds is 5. The highest BCUT2D eigenvalue weighted by Gasteiger charge is 2.12. The standard InChI is InChI=1S/C10H10N4O2S2/c1-2-8-13-10(18-14-8)17-4-7-6(9(15)16)3-11-5-12-7/h3,5H,2,4H2,1H3,(H,15,16). The predicted molar refractivity (Wildman–Crippen MR) is 67.8 cm³/mol. The van der Waals surface area contributed by atoms with Crippen molar-refractivity contribution < 1.29 is 9.90 Å². The van der Waals surface area contributed by atoms with Gasteiger partial charge in [-0.2, -0.15) is 4.37 Å². The fraction of sp³-hybridized carbons (Fsp3) is 0.300. The number of aromatic nitrogens is 4. The van der Waals surface area contributed by atoms with Crippen LogP contribution < -0.4 is 0 Å². The minimum absolute atomic E-state index is 0.130. The molecule has 94 valence electrons. The number of hydrogen-bond donors (Lipinski definition) is 1. The molecular weight excluding hydrogens is 272 g/mol. The summed E-state index contributed by atoms with van der Waals surface area (Å²) < 4.78 is 4.99. The number of nitrogens with zero attached hydrogens (tertiary/aromatic N) is 4. The molecule has 0 radical (unpaired) electrons. The van der Waals surface area contributed by atoms with Crippen LogP contribution in [0.15, 0.2) is 16.9 Å². The van der Waals surface area contributed by atoms with Crippen LogP contribution in [0.2, 0.25) is 0 Å². The number of aryl methyl sites for hydroxylation is 1. The highest BCUT2D eigenvalue weighted by Crippen LogP contribution is 2.24. The normalized spacial score (nSPS) is 10.5. The van der Waals surface area contributed by atoms with Crippen molar-refractivity contribution in [3.63, 3.8) is 0 Å². The van der Waals surface area contributed by atoms with Gasteiger partial charge >= 0.3 is 5.97 Å². The molecule has 0 amide bonds. The maximum absolute atomic E-state index is 11.0. The summed E-state index contributed by atoms with van der Waals surface area (Å²) in [5, 5.41) is 8.99. The Kier molecular flexibility index (Phi) is 4.21. The highest BCUT2D eigenvalue weighted by atomic mass is 32.2. The smallest absolute Gasteiger partial charge is 0.339 e. The first kappa shape index (κ1) is 12.9. The first-order valence-electron chi connectivity index (χ1n) is 5.18.